The van der Waals surface area contributed by atoms with Gasteiger partial charge >= 0.3 is 0 Å². The van der Waals surface area contributed by atoms with E-state index < -0.39 is 0 Å². The fourth-order valence-electron chi connectivity index (χ4n) is 2.80. The van der Waals surface area contributed by atoms with Gasteiger partial charge in [-0.25, -0.2) is 0 Å². The number of hydrogen-bond acceptors (Lipinski definition) is 1. The monoisotopic (exact) mass is 215 g/mol. The van der Waals surface area contributed by atoms with Crippen molar-refractivity contribution in [3.63, 3.8) is 0 Å². The SMILES string of the molecule is CC(C)N1Cc2ccccc2C2(CC2)C1=O. The van der Waals surface area contributed by atoms with Gasteiger partial charge in [0.1, 0.15) is 0 Å². The minimum absolute atomic E-state index is 0.140. The van der Waals surface area contributed by atoms with E-state index in [4.69, 9.17) is 0 Å². The highest BCUT2D eigenvalue weighted by molar-refractivity contribution is 5.93. The van der Waals surface area contributed by atoms with Gasteiger partial charge in [0, 0.05) is 12.6 Å². The molecule has 2 nitrogen and oxygen atoms in total. The fourth-order valence-corrected chi connectivity index (χ4v) is 2.80. The molecule has 0 N–H and O–H groups in total. The summed E-state index contributed by atoms with van der Waals surface area (Å²) in [5.41, 5.74) is 2.49. The minimum atomic E-state index is -0.140. The summed E-state index contributed by atoms with van der Waals surface area (Å²) >= 11 is 0. The van der Waals surface area contributed by atoms with Crippen molar-refractivity contribution in [3.8, 4) is 0 Å². The molecule has 1 heterocycles. The van der Waals surface area contributed by atoms with Crippen molar-refractivity contribution < 1.29 is 4.79 Å². The standard InChI is InChI=1S/C14H17NO/c1-10(2)15-9-11-5-3-4-6-12(11)14(7-8-14)13(15)16/h3-6,10H,7-9H2,1-2H3. The van der Waals surface area contributed by atoms with Crippen LogP contribution in [0.25, 0.3) is 0 Å². The molecule has 1 saturated carbocycles. The van der Waals surface area contributed by atoms with Gasteiger partial charge in [-0.2, -0.15) is 0 Å². The van der Waals surface area contributed by atoms with E-state index in [2.05, 4.69) is 38.1 Å². The minimum Gasteiger partial charge on any atom is -0.335 e. The van der Waals surface area contributed by atoms with Crippen LogP contribution >= 0.6 is 0 Å². The Morgan fingerprint density at radius 3 is 2.56 bits per heavy atom. The summed E-state index contributed by atoms with van der Waals surface area (Å²) in [6.45, 7) is 4.98. The summed E-state index contributed by atoms with van der Waals surface area (Å²) in [7, 11) is 0. The zero-order valence-electron chi connectivity index (χ0n) is 9.86. The van der Waals surface area contributed by atoms with Gasteiger partial charge in [-0.1, -0.05) is 24.3 Å². The Bertz CT molecular complexity index is 446. The first-order valence-electron chi connectivity index (χ1n) is 6.04. The lowest BCUT2D eigenvalue weighted by atomic mass is 9.85. The van der Waals surface area contributed by atoms with Crippen LogP contribution < -0.4 is 0 Å². The molecule has 84 valence electrons. The number of nitrogens with zero attached hydrogens (tertiary/aromatic N) is 1. The second-order valence-corrected chi connectivity index (χ2v) is 5.27. The highest BCUT2D eigenvalue weighted by atomic mass is 16.2. The van der Waals surface area contributed by atoms with Gasteiger partial charge in [0.2, 0.25) is 5.91 Å². The Morgan fingerprint density at radius 2 is 1.94 bits per heavy atom. The van der Waals surface area contributed by atoms with E-state index >= 15 is 0 Å². The highest BCUT2D eigenvalue weighted by Gasteiger charge is 2.56. The Hall–Kier alpha value is -1.31. The first-order valence-corrected chi connectivity index (χ1v) is 6.04. The molecule has 0 radical (unpaired) electrons. The summed E-state index contributed by atoms with van der Waals surface area (Å²) in [6, 6.07) is 8.73. The summed E-state index contributed by atoms with van der Waals surface area (Å²) in [6.07, 6.45) is 2.07. The number of hydrogen-bond donors (Lipinski definition) is 0. The van der Waals surface area contributed by atoms with Gasteiger partial charge in [-0.3, -0.25) is 4.79 Å². The van der Waals surface area contributed by atoms with Crippen molar-refractivity contribution in [1.82, 2.24) is 4.90 Å². The second kappa shape index (κ2) is 3.09. The van der Waals surface area contributed by atoms with E-state index in [0.29, 0.717) is 11.9 Å². The topological polar surface area (TPSA) is 20.3 Å². The molecule has 3 rings (SSSR count). The van der Waals surface area contributed by atoms with E-state index in [1.807, 2.05) is 4.90 Å². The van der Waals surface area contributed by atoms with Crippen LogP contribution in [-0.2, 0) is 16.8 Å². The van der Waals surface area contributed by atoms with Gasteiger partial charge in [0.25, 0.3) is 0 Å². The Balaban J connectivity index is 2.11. The molecule has 0 aromatic heterocycles. The number of benzene rings is 1. The van der Waals surface area contributed by atoms with Gasteiger partial charge in [-0.15, -0.1) is 0 Å². The van der Waals surface area contributed by atoms with Gasteiger partial charge in [-0.05, 0) is 37.8 Å². The molecule has 1 fully saturated rings. The Kier molecular flexibility index (Phi) is 1.91. The van der Waals surface area contributed by atoms with E-state index in [9.17, 15) is 4.79 Å². The molecule has 0 unspecified atom stereocenters. The number of carbonyl (C=O) groups is 1. The first kappa shape index (κ1) is 9.88. The lowest BCUT2D eigenvalue weighted by Gasteiger charge is -2.37. The predicted molar refractivity (Wildman–Crippen MR) is 63.0 cm³/mol. The van der Waals surface area contributed by atoms with Crippen LogP contribution in [0.1, 0.15) is 37.8 Å². The summed E-state index contributed by atoms with van der Waals surface area (Å²) in [5.74, 6) is 0.348. The molecule has 1 aliphatic carbocycles. The molecule has 1 aromatic rings. The lowest BCUT2D eigenvalue weighted by Crippen LogP contribution is -2.46. The third-order valence-corrected chi connectivity index (χ3v) is 3.92. The number of amides is 1. The number of rotatable bonds is 1. The zero-order chi connectivity index (χ0) is 11.3. The smallest absolute Gasteiger partial charge is 0.233 e. The normalized spacial score (nSPS) is 21.4. The molecule has 0 bridgehead atoms. The molecule has 1 spiro atoms. The van der Waals surface area contributed by atoms with E-state index in [-0.39, 0.29) is 5.41 Å². The van der Waals surface area contributed by atoms with E-state index in [1.54, 1.807) is 0 Å². The molecule has 1 aliphatic heterocycles. The highest BCUT2D eigenvalue weighted by Crippen LogP contribution is 2.53. The molecule has 2 heteroatoms. The molecule has 0 saturated heterocycles. The van der Waals surface area contributed by atoms with Crippen molar-refractivity contribution in [2.24, 2.45) is 0 Å². The molecular formula is C14H17NO. The largest absolute Gasteiger partial charge is 0.335 e. The molecule has 1 amide bonds. The van der Waals surface area contributed by atoms with E-state index in [1.165, 1.54) is 11.1 Å². The molecule has 0 atom stereocenters. The molecule has 1 aromatic carbocycles. The Morgan fingerprint density at radius 1 is 1.25 bits per heavy atom. The summed E-state index contributed by atoms with van der Waals surface area (Å²) < 4.78 is 0. The van der Waals surface area contributed by atoms with Crippen LogP contribution in [0, 0.1) is 0 Å². The maximum atomic E-state index is 12.4. The van der Waals surface area contributed by atoms with Crippen molar-refractivity contribution >= 4 is 5.91 Å². The summed E-state index contributed by atoms with van der Waals surface area (Å²) in [4.78, 5) is 14.5. The lowest BCUT2D eigenvalue weighted by molar-refractivity contribution is -0.137. The van der Waals surface area contributed by atoms with Gasteiger partial charge < -0.3 is 4.90 Å². The van der Waals surface area contributed by atoms with Crippen LogP contribution in [-0.4, -0.2) is 16.8 Å². The van der Waals surface area contributed by atoms with Crippen LogP contribution in [0.4, 0.5) is 0 Å². The van der Waals surface area contributed by atoms with Crippen molar-refractivity contribution in [1.29, 1.82) is 0 Å². The van der Waals surface area contributed by atoms with Crippen molar-refractivity contribution in [2.45, 2.75) is 44.7 Å². The van der Waals surface area contributed by atoms with Crippen LogP contribution in [0.3, 0.4) is 0 Å². The van der Waals surface area contributed by atoms with Gasteiger partial charge in [0.15, 0.2) is 0 Å². The van der Waals surface area contributed by atoms with Crippen LogP contribution in [0.2, 0.25) is 0 Å². The quantitative estimate of drug-likeness (QED) is 0.704. The first-order chi connectivity index (χ1) is 7.65. The molecule has 16 heavy (non-hydrogen) atoms. The van der Waals surface area contributed by atoms with E-state index in [0.717, 1.165) is 19.4 Å². The maximum absolute atomic E-state index is 12.4. The third kappa shape index (κ3) is 1.16. The van der Waals surface area contributed by atoms with Crippen LogP contribution in [0.15, 0.2) is 24.3 Å². The van der Waals surface area contributed by atoms with Gasteiger partial charge in [0.05, 0.1) is 5.41 Å². The molecular weight excluding hydrogens is 198 g/mol. The second-order valence-electron chi connectivity index (χ2n) is 5.27. The van der Waals surface area contributed by atoms with Crippen LogP contribution in [0.5, 0.6) is 0 Å². The van der Waals surface area contributed by atoms with Crippen molar-refractivity contribution in [2.75, 3.05) is 0 Å². The summed E-state index contributed by atoms with van der Waals surface area (Å²) in [5, 5.41) is 0. The zero-order valence-corrected chi connectivity index (χ0v) is 9.86. The number of fused-ring (bicyclic) bond motifs is 2. The predicted octanol–water partition coefficient (Wildman–Crippen LogP) is 2.47. The maximum Gasteiger partial charge on any atom is 0.233 e. The van der Waals surface area contributed by atoms with Crippen molar-refractivity contribution in [3.05, 3.63) is 35.4 Å². The average molecular weight is 215 g/mol. The average Bonchev–Trinajstić information content (AvgIpc) is 3.05. The number of carbonyl (C=O) groups excluding carboxylic acids is 1. The molecule has 2 aliphatic rings. The Labute approximate surface area is 96.3 Å². The third-order valence-electron chi connectivity index (χ3n) is 3.92. The fraction of sp³-hybridized carbons (Fsp3) is 0.500.